The second kappa shape index (κ2) is 6.72. The van der Waals surface area contributed by atoms with Crippen molar-refractivity contribution in [3.8, 4) is 0 Å². The van der Waals surface area contributed by atoms with Gasteiger partial charge in [0.15, 0.2) is 0 Å². The maximum atomic E-state index is 10.9. The molecule has 7 heteroatoms. The van der Waals surface area contributed by atoms with Crippen molar-refractivity contribution in [3.05, 3.63) is 33.3 Å². The Kier molecular flexibility index (Phi) is 5.58. The molecule has 0 aromatic heterocycles. The fraction of sp³-hybridized carbons (Fsp3) is 0.273. The number of hydrogen-bond donors (Lipinski definition) is 2. The summed E-state index contributed by atoms with van der Waals surface area (Å²) in [5.41, 5.74) is 5.81. The Balaban J connectivity index is 2.81. The predicted molar refractivity (Wildman–Crippen MR) is 71.3 cm³/mol. The molecule has 0 aliphatic rings. The number of nitrogens with zero attached hydrogens (tertiary/aromatic N) is 1. The zero-order valence-electron chi connectivity index (χ0n) is 9.40. The quantitative estimate of drug-likeness (QED) is 0.824. The number of carboxylic acids is 1. The fourth-order valence-corrected chi connectivity index (χ4v) is 2.20. The summed E-state index contributed by atoms with van der Waals surface area (Å²) in [6, 6.07) is 5.27. The first-order valence-corrected chi connectivity index (χ1v) is 6.22. The van der Waals surface area contributed by atoms with Gasteiger partial charge in [-0.15, -0.1) is 0 Å². The first-order chi connectivity index (χ1) is 8.38. The summed E-state index contributed by atoms with van der Waals surface area (Å²) in [6.45, 7) is -0.143. The Bertz CT molecular complexity index is 452. The average molecular weight is 336 g/mol. The summed E-state index contributed by atoms with van der Waals surface area (Å²) < 4.78 is 0.830. The van der Waals surface area contributed by atoms with Crippen LogP contribution in [0.15, 0.2) is 22.7 Å². The van der Waals surface area contributed by atoms with E-state index in [0.29, 0.717) is 5.02 Å². The number of carbonyl (C=O) groups is 2. The molecule has 0 bridgehead atoms. The Labute approximate surface area is 118 Å². The van der Waals surface area contributed by atoms with Gasteiger partial charge in [-0.05, 0) is 17.7 Å². The number of rotatable bonds is 6. The number of primary amides is 1. The van der Waals surface area contributed by atoms with E-state index in [1.165, 1.54) is 4.90 Å². The first kappa shape index (κ1) is 14.9. The number of halogens is 2. The van der Waals surface area contributed by atoms with E-state index in [-0.39, 0.29) is 19.6 Å². The minimum atomic E-state index is -1.02. The maximum absolute atomic E-state index is 10.9. The topological polar surface area (TPSA) is 83.6 Å². The van der Waals surface area contributed by atoms with Crippen LogP contribution in [0.2, 0.25) is 5.02 Å². The fourth-order valence-electron chi connectivity index (χ4n) is 1.47. The number of carboxylic acid groups (broad SMARTS) is 1. The zero-order valence-corrected chi connectivity index (χ0v) is 11.7. The lowest BCUT2D eigenvalue weighted by Gasteiger charge is -2.19. The standard InChI is InChI=1S/C11H12BrClN2O3/c12-8-2-1-7(9(13)3-8)4-15(5-10(14)16)6-11(17)18/h1-3H,4-6H2,(H2,14,16)(H,17,18). The molecule has 0 spiro atoms. The number of carbonyl (C=O) groups excluding carboxylic acids is 1. The second-order valence-corrected chi connectivity index (χ2v) is 5.06. The van der Waals surface area contributed by atoms with E-state index < -0.39 is 11.9 Å². The molecule has 1 aromatic rings. The molecule has 5 nitrogen and oxygen atoms in total. The van der Waals surface area contributed by atoms with Gasteiger partial charge in [-0.3, -0.25) is 14.5 Å². The van der Waals surface area contributed by atoms with Crippen LogP contribution in [0.5, 0.6) is 0 Å². The van der Waals surface area contributed by atoms with Crippen LogP contribution in [-0.2, 0) is 16.1 Å². The first-order valence-electron chi connectivity index (χ1n) is 5.05. The van der Waals surface area contributed by atoms with Gasteiger partial charge in [-0.25, -0.2) is 0 Å². The smallest absolute Gasteiger partial charge is 0.317 e. The second-order valence-electron chi connectivity index (χ2n) is 3.74. The molecule has 0 heterocycles. The third-order valence-corrected chi connectivity index (χ3v) is 2.99. The maximum Gasteiger partial charge on any atom is 0.317 e. The summed E-state index contributed by atoms with van der Waals surface area (Å²) >= 11 is 9.30. The lowest BCUT2D eigenvalue weighted by molar-refractivity contribution is -0.138. The van der Waals surface area contributed by atoms with E-state index in [1.54, 1.807) is 18.2 Å². The Morgan fingerprint density at radius 3 is 2.56 bits per heavy atom. The van der Waals surface area contributed by atoms with Gasteiger partial charge in [0.1, 0.15) is 0 Å². The Morgan fingerprint density at radius 2 is 2.06 bits per heavy atom. The van der Waals surface area contributed by atoms with Gasteiger partial charge >= 0.3 is 5.97 Å². The highest BCUT2D eigenvalue weighted by atomic mass is 79.9. The van der Waals surface area contributed by atoms with Crippen molar-refractivity contribution in [2.45, 2.75) is 6.54 Å². The van der Waals surface area contributed by atoms with Crippen LogP contribution in [0.4, 0.5) is 0 Å². The molecule has 3 N–H and O–H groups in total. The van der Waals surface area contributed by atoms with Gasteiger partial charge in [-0.1, -0.05) is 33.6 Å². The molecule has 0 radical (unpaired) electrons. The Morgan fingerprint density at radius 1 is 1.39 bits per heavy atom. The van der Waals surface area contributed by atoms with Crippen LogP contribution in [0.25, 0.3) is 0 Å². The van der Waals surface area contributed by atoms with E-state index in [9.17, 15) is 9.59 Å². The summed E-state index contributed by atoms with van der Waals surface area (Å²) in [7, 11) is 0. The van der Waals surface area contributed by atoms with Crippen LogP contribution >= 0.6 is 27.5 Å². The highest BCUT2D eigenvalue weighted by molar-refractivity contribution is 9.10. The zero-order chi connectivity index (χ0) is 13.7. The minimum absolute atomic E-state index is 0.126. The molecular formula is C11H12BrClN2O3. The van der Waals surface area contributed by atoms with E-state index in [1.807, 2.05) is 0 Å². The van der Waals surface area contributed by atoms with E-state index in [2.05, 4.69) is 15.9 Å². The molecule has 98 valence electrons. The molecule has 0 saturated carbocycles. The lowest BCUT2D eigenvalue weighted by Crippen LogP contribution is -2.36. The van der Waals surface area contributed by atoms with Gasteiger partial charge in [0, 0.05) is 16.0 Å². The van der Waals surface area contributed by atoms with Crippen molar-refractivity contribution in [2.24, 2.45) is 5.73 Å². The molecule has 1 aromatic carbocycles. The SMILES string of the molecule is NC(=O)CN(CC(=O)O)Cc1ccc(Br)cc1Cl. The summed E-state index contributed by atoms with van der Waals surface area (Å²) in [5, 5.41) is 9.26. The van der Waals surface area contributed by atoms with Crippen LogP contribution in [0, 0.1) is 0 Å². The molecule has 0 fully saturated rings. The Hall–Kier alpha value is -1.11. The van der Waals surface area contributed by atoms with Gasteiger partial charge in [-0.2, -0.15) is 0 Å². The predicted octanol–water partition coefficient (Wildman–Crippen LogP) is 1.47. The molecule has 0 atom stereocenters. The molecule has 1 rings (SSSR count). The van der Waals surface area contributed by atoms with E-state index in [4.69, 9.17) is 22.4 Å². The average Bonchev–Trinajstić information content (AvgIpc) is 2.20. The summed E-state index contributed by atoms with van der Waals surface area (Å²) in [6.07, 6.45) is 0. The molecule has 0 aliphatic heterocycles. The number of amides is 1. The third kappa shape index (κ3) is 5.03. The number of aliphatic carboxylic acids is 1. The number of benzene rings is 1. The molecular weight excluding hydrogens is 323 g/mol. The highest BCUT2D eigenvalue weighted by Crippen LogP contribution is 2.22. The van der Waals surface area contributed by atoms with Gasteiger partial charge in [0.25, 0.3) is 0 Å². The van der Waals surface area contributed by atoms with Gasteiger partial charge in [0.2, 0.25) is 5.91 Å². The van der Waals surface area contributed by atoms with Crippen molar-refractivity contribution >= 4 is 39.4 Å². The van der Waals surface area contributed by atoms with Gasteiger partial charge in [0.05, 0.1) is 13.1 Å². The van der Waals surface area contributed by atoms with Crippen LogP contribution in [0.3, 0.4) is 0 Å². The van der Waals surface area contributed by atoms with E-state index >= 15 is 0 Å². The van der Waals surface area contributed by atoms with Crippen molar-refractivity contribution in [2.75, 3.05) is 13.1 Å². The molecule has 0 unspecified atom stereocenters. The molecule has 0 saturated heterocycles. The van der Waals surface area contributed by atoms with Gasteiger partial charge < -0.3 is 10.8 Å². The van der Waals surface area contributed by atoms with Crippen molar-refractivity contribution in [1.29, 1.82) is 0 Å². The lowest BCUT2D eigenvalue weighted by atomic mass is 10.2. The van der Waals surface area contributed by atoms with Crippen molar-refractivity contribution < 1.29 is 14.7 Å². The van der Waals surface area contributed by atoms with E-state index in [0.717, 1.165) is 10.0 Å². The summed E-state index contributed by atoms with van der Waals surface area (Å²) in [5.74, 6) is -1.60. The molecule has 1 amide bonds. The third-order valence-electron chi connectivity index (χ3n) is 2.15. The molecule has 18 heavy (non-hydrogen) atoms. The number of hydrogen-bond acceptors (Lipinski definition) is 3. The highest BCUT2D eigenvalue weighted by Gasteiger charge is 2.14. The number of nitrogens with two attached hydrogens (primary N) is 1. The largest absolute Gasteiger partial charge is 0.480 e. The summed E-state index contributed by atoms with van der Waals surface area (Å²) in [4.78, 5) is 23.0. The minimum Gasteiger partial charge on any atom is -0.480 e. The van der Waals surface area contributed by atoms with Crippen LogP contribution in [0.1, 0.15) is 5.56 Å². The van der Waals surface area contributed by atoms with Crippen molar-refractivity contribution in [3.63, 3.8) is 0 Å². The van der Waals surface area contributed by atoms with Crippen LogP contribution in [-0.4, -0.2) is 35.0 Å². The molecule has 0 aliphatic carbocycles. The van der Waals surface area contributed by atoms with Crippen molar-refractivity contribution in [1.82, 2.24) is 4.90 Å². The normalized spacial score (nSPS) is 10.6. The monoisotopic (exact) mass is 334 g/mol. The van der Waals surface area contributed by atoms with Crippen LogP contribution < -0.4 is 5.73 Å².